The van der Waals surface area contributed by atoms with Gasteiger partial charge < -0.3 is 15.1 Å². The number of aromatic nitrogens is 2. The van der Waals surface area contributed by atoms with E-state index in [0.717, 1.165) is 17.8 Å². The van der Waals surface area contributed by atoms with Crippen LogP contribution in [0.5, 0.6) is 0 Å². The molecule has 0 radical (unpaired) electrons. The zero-order valence-electron chi connectivity index (χ0n) is 15.9. The first-order chi connectivity index (χ1) is 14.0. The first kappa shape index (κ1) is 17.8. The molecule has 0 spiro atoms. The largest absolute Gasteiger partial charge is 0.334 e. The van der Waals surface area contributed by atoms with Gasteiger partial charge in [-0.05, 0) is 42.7 Å². The van der Waals surface area contributed by atoms with E-state index in [2.05, 4.69) is 21.4 Å². The molecule has 1 aromatic heterocycles. The lowest BCUT2D eigenvalue weighted by molar-refractivity contribution is -0.132. The Kier molecular flexibility index (Phi) is 4.08. The number of hydrogen-bond donors (Lipinski definition) is 1. The van der Waals surface area contributed by atoms with Crippen molar-refractivity contribution in [2.45, 2.75) is 25.9 Å². The van der Waals surface area contributed by atoms with Crippen LogP contribution in [0.2, 0.25) is 0 Å². The maximum Gasteiger partial charge on any atom is 0.322 e. The Labute approximate surface area is 167 Å². The monoisotopic (exact) mass is 393 g/mol. The molecule has 7 nitrogen and oxygen atoms in total. The van der Waals surface area contributed by atoms with E-state index in [4.69, 9.17) is 0 Å². The van der Waals surface area contributed by atoms with Crippen molar-refractivity contribution in [3.05, 3.63) is 59.4 Å². The molecule has 8 heteroatoms. The number of urea groups is 1. The molecule has 3 heterocycles. The quantitative estimate of drug-likeness (QED) is 0.870. The summed E-state index contributed by atoms with van der Waals surface area (Å²) < 4.78 is 13.5. The summed E-state index contributed by atoms with van der Waals surface area (Å²) in [5, 5.41) is 2.72. The van der Waals surface area contributed by atoms with Gasteiger partial charge in [0.1, 0.15) is 18.2 Å². The standard InChI is InChI=1S/C21H20FN5O2/c1-12-23-7-15(8-24-12)18-6-17-5-13(18)10-27(17)20(28)11-26-9-14-4-16(22)2-3-19(14)25-21(26)29/h2-4,6-8,13,17H,5,9-11H2,1H3,(H,25,29)/t13-,17?/m1/s1. The minimum Gasteiger partial charge on any atom is -0.334 e. The summed E-state index contributed by atoms with van der Waals surface area (Å²) in [7, 11) is 0. The number of amides is 3. The Morgan fingerprint density at radius 3 is 2.83 bits per heavy atom. The van der Waals surface area contributed by atoms with E-state index in [0.29, 0.717) is 17.8 Å². The summed E-state index contributed by atoms with van der Waals surface area (Å²) in [6.45, 7) is 2.67. The van der Waals surface area contributed by atoms with Crippen molar-refractivity contribution in [2.24, 2.45) is 5.92 Å². The summed E-state index contributed by atoms with van der Waals surface area (Å²) in [5.41, 5.74) is 3.46. The highest BCUT2D eigenvalue weighted by Crippen LogP contribution is 2.42. The lowest BCUT2D eigenvalue weighted by Crippen LogP contribution is -2.47. The molecule has 2 aromatic rings. The van der Waals surface area contributed by atoms with E-state index in [1.807, 2.05) is 24.2 Å². The number of likely N-dealkylation sites (tertiary alicyclic amines) is 1. The van der Waals surface area contributed by atoms with Crippen LogP contribution in [-0.4, -0.2) is 50.8 Å². The number of nitrogens with one attached hydrogen (secondary N) is 1. The molecule has 1 aromatic carbocycles. The van der Waals surface area contributed by atoms with E-state index in [1.165, 1.54) is 22.6 Å². The number of benzene rings is 1. The molecule has 1 fully saturated rings. The fraction of sp³-hybridized carbons (Fsp3) is 0.333. The predicted octanol–water partition coefficient (Wildman–Crippen LogP) is 2.59. The smallest absolute Gasteiger partial charge is 0.322 e. The third kappa shape index (κ3) is 3.14. The van der Waals surface area contributed by atoms with Crippen LogP contribution in [0.1, 0.15) is 23.4 Å². The number of aryl methyl sites for hydroxylation is 1. The van der Waals surface area contributed by atoms with Crippen LogP contribution < -0.4 is 5.32 Å². The zero-order valence-corrected chi connectivity index (χ0v) is 15.9. The van der Waals surface area contributed by atoms with Crippen molar-refractivity contribution in [1.29, 1.82) is 0 Å². The van der Waals surface area contributed by atoms with Crippen molar-refractivity contribution in [3.8, 4) is 0 Å². The molecule has 1 N–H and O–H groups in total. The van der Waals surface area contributed by atoms with Crippen LogP contribution >= 0.6 is 0 Å². The van der Waals surface area contributed by atoms with Crippen molar-refractivity contribution < 1.29 is 14.0 Å². The van der Waals surface area contributed by atoms with Crippen LogP contribution in [0.15, 0.2) is 36.7 Å². The molecular formula is C21H20FN5O2. The van der Waals surface area contributed by atoms with Gasteiger partial charge in [-0.25, -0.2) is 19.2 Å². The van der Waals surface area contributed by atoms with Crippen LogP contribution in [0, 0.1) is 18.7 Å². The van der Waals surface area contributed by atoms with Crippen LogP contribution in [-0.2, 0) is 11.3 Å². The number of carbonyl (C=O) groups is 2. The van der Waals surface area contributed by atoms with E-state index in [1.54, 1.807) is 6.07 Å². The summed E-state index contributed by atoms with van der Waals surface area (Å²) in [4.78, 5) is 37.0. The summed E-state index contributed by atoms with van der Waals surface area (Å²) in [6.07, 6.45) is 6.65. The van der Waals surface area contributed by atoms with Gasteiger partial charge in [-0.1, -0.05) is 6.08 Å². The predicted molar refractivity (Wildman–Crippen MR) is 104 cm³/mol. The molecule has 148 valence electrons. The van der Waals surface area contributed by atoms with Crippen molar-refractivity contribution >= 4 is 23.2 Å². The van der Waals surface area contributed by atoms with Gasteiger partial charge in [0.2, 0.25) is 5.91 Å². The Morgan fingerprint density at radius 1 is 1.31 bits per heavy atom. The molecule has 1 unspecified atom stereocenters. The van der Waals surface area contributed by atoms with Crippen LogP contribution in [0.4, 0.5) is 14.9 Å². The van der Waals surface area contributed by atoms with Gasteiger partial charge in [-0.15, -0.1) is 0 Å². The Hall–Kier alpha value is -3.29. The minimum absolute atomic E-state index is 0.0260. The zero-order chi connectivity index (χ0) is 20.1. The molecule has 1 saturated heterocycles. The van der Waals surface area contributed by atoms with Gasteiger partial charge in [0, 0.05) is 36.1 Å². The molecule has 29 heavy (non-hydrogen) atoms. The highest BCUT2D eigenvalue weighted by Gasteiger charge is 2.42. The number of anilines is 1. The minimum atomic E-state index is -0.360. The van der Waals surface area contributed by atoms with E-state index < -0.39 is 0 Å². The van der Waals surface area contributed by atoms with Crippen molar-refractivity contribution in [2.75, 3.05) is 18.4 Å². The number of rotatable bonds is 3. The average molecular weight is 393 g/mol. The Morgan fingerprint density at radius 2 is 2.10 bits per heavy atom. The van der Waals surface area contributed by atoms with E-state index in [-0.39, 0.29) is 42.8 Å². The number of nitrogens with zero attached hydrogens (tertiary/aromatic N) is 4. The summed E-state index contributed by atoms with van der Waals surface area (Å²) in [6, 6.07) is 3.94. The first-order valence-corrected chi connectivity index (χ1v) is 9.62. The molecule has 3 aliphatic rings. The van der Waals surface area contributed by atoms with E-state index >= 15 is 0 Å². The number of carbonyl (C=O) groups excluding carboxylic acids is 2. The van der Waals surface area contributed by atoms with Crippen molar-refractivity contribution in [3.63, 3.8) is 0 Å². The second-order valence-corrected chi connectivity index (χ2v) is 7.77. The third-order valence-electron chi connectivity index (χ3n) is 5.87. The normalized spacial score (nSPS) is 22.4. The molecule has 3 amide bonds. The number of halogens is 1. The fourth-order valence-electron chi connectivity index (χ4n) is 4.42. The maximum absolute atomic E-state index is 13.5. The third-order valence-corrected chi connectivity index (χ3v) is 5.87. The van der Waals surface area contributed by atoms with Gasteiger partial charge in [0.15, 0.2) is 0 Å². The maximum atomic E-state index is 13.5. The first-order valence-electron chi connectivity index (χ1n) is 9.62. The molecule has 1 aliphatic carbocycles. The van der Waals surface area contributed by atoms with Crippen LogP contribution in [0.3, 0.4) is 0 Å². The van der Waals surface area contributed by atoms with E-state index in [9.17, 15) is 14.0 Å². The van der Waals surface area contributed by atoms with Gasteiger partial charge in [0.05, 0.1) is 12.6 Å². The molecule has 2 aliphatic heterocycles. The second kappa shape index (κ2) is 6.65. The van der Waals surface area contributed by atoms with Gasteiger partial charge in [0.25, 0.3) is 0 Å². The fourth-order valence-corrected chi connectivity index (χ4v) is 4.42. The SMILES string of the molecule is Cc1ncc(C2=CC3C[C@@H]2CN3C(=O)CN2Cc3cc(F)ccc3NC2=O)cn1. The van der Waals surface area contributed by atoms with Crippen molar-refractivity contribution in [1.82, 2.24) is 19.8 Å². The topological polar surface area (TPSA) is 78.4 Å². The highest BCUT2D eigenvalue weighted by molar-refractivity contribution is 5.95. The van der Waals surface area contributed by atoms with Gasteiger partial charge >= 0.3 is 6.03 Å². The van der Waals surface area contributed by atoms with Gasteiger partial charge in [-0.2, -0.15) is 0 Å². The molecule has 0 saturated carbocycles. The summed E-state index contributed by atoms with van der Waals surface area (Å²) >= 11 is 0. The molecular weight excluding hydrogens is 373 g/mol. The number of hydrogen-bond acceptors (Lipinski definition) is 4. The Balaban J connectivity index is 1.28. The lowest BCUT2D eigenvalue weighted by atomic mass is 9.97. The number of fused-ring (bicyclic) bond motifs is 3. The summed E-state index contributed by atoms with van der Waals surface area (Å²) in [5.74, 6) is 0.541. The average Bonchev–Trinajstić information content (AvgIpc) is 3.30. The second-order valence-electron chi connectivity index (χ2n) is 7.77. The molecule has 2 bridgehead atoms. The molecule has 5 rings (SSSR count). The van der Waals surface area contributed by atoms with Gasteiger partial charge in [-0.3, -0.25) is 4.79 Å². The Bertz CT molecular complexity index is 1040. The highest BCUT2D eigenvalue weighted by atomic mass is 19.1. The van der Waals surface area contributed by atoms with Crippen LogP contribution in [0.25, 0.3) is 5.57 Å². The lowest BCUT2D eigenvalue weighted by Gasteiger charge is -2.32. The molecule has 2 atom stereocenters.